The fourth-order valence-corrected chi connectivity index (χ4v) is 3.64. The van der Waals surface area contributed by atoms with Crippen LogP contribution in [-0.2, 0) is 24.3 Å². The molecular formula is C21H20F2N2O8S. The molecule has 34 heavy (non-hydrogen) atoms. The maximum absolute atomic E-state index is 12.5. The van der Waals surface area contributed by atoms with Crippen LogP contribution in [0.25, 0.3) is 0 Å². The number of nitrogens with zero attached hydrogens (tertiary/aromatic N) is 1. The molecule has 0 aliphatic carbocycles. The normalized spacial score (nSPS) is 11.2. The molecule has 0 radical (unpaired) electrons. The molecule has 0 heterocycles. The third-order valence-electron chi connectivity index (χ3n) is 4.28. The molecular weight excluding hydrogens is 478 g/mol. The van der Waals surface area contributed by atoms with Gasteiger partial charge in [-0.1, -0.05) is 12.1 Å². The average Bonchev–Trinajstić information content (AvgIpc) is 2.77. The first-order chi connectivity index (χ1) is 15.9. The zero-order valence-electron chi connectivity index (χ0n) is 18.0. The number of likely N-dealkylation sites (N-methyl/N-ethyl adjacent to an activating group) is 1. The van der Waals surface area contributed by atoms with Crippen LogP contribution >= 0.6 is 0 Å². The Labute approximate surface area is 193 Å². The number of ether oxygens (including phenoxy) is 2. The van der Waals surface area contributed by atoms with Gasteiger partial charge in [-0.3, -0.25) is 24.5 Å². The van der Waals surface area contributed by atoms with E-state index in [1.807, 2.05) is 5.32 Å². The highest BCUT2D eigenvalue weighted by atomic mass is 32.2. The van der Waals surface area contributed by atoms with Crippen molar-refractivity contribution in [3.05, 3.63) is 59.7 Å². The average molecular weight is 498 g/mol. The lowest BCUT2D eigenvalue weighted by molar-refractivity contribution is -0.148. The van der Waals surface area contributed by atoms with E-state index >= 15 is 0 Å². The molecule has 0 atom stereocenters. The number of carbonyl (C=O) groups excluding carboxylic acids is 4. The van der Waals surface area contributed by atoms with Gasteiger partial charge >= 0.3 is 12.6 Å². The third kappa shape index (κ3) is 7.42. The summed E-state index contributed by atoms with van der Waals surface area (Å²) in [7, 11) is -2.95. The number of Topliss-reactive ketones (excluding diaryl/α,β-unsaturated/α-hetero) is 1. The summed E-state index contributed by atoms with van der Waals surface area (Å²) in [4.78, 5) is 46.9. The van der Waals surface area contributed by atoms with Crippen LogP contribution in [0.1, 0.15) is 27.6 Å². The van der Waals surface area contributed by atoms with Crippen LogP contribution in [0, 0.1) is 0 Å². The second kappa shape index (κ2) is 11.4. The summed E-state index contributed by atoms with van der Waals surface area (Å²) < 4.78 is 58.9. The van der Waals surface area contributed by atoms with Crippen molar-refractivity contribution >= 4 is 33.6 Å². The first-order valence-corrected chi connectivity index (χ1v) is 11.0. The molecule has 0 bridgehead atoms. The summed E-state index contributed by atoms with van der Waals surface area (Å²) in [5, 5.41) is 1.93. The Morgan fingerprint density at radius 3 is 2.06 bits per heavy atom. The molecule has 0 aliphatic rings. The van der Waals surface area contributed by atoms with Gasteiger partial charge in [-0.25, -0.2) is 8.42 Å². The number of ketones is 1. The number of hydrogen-bond acceptors (Lipinski definition) is 8. The topological polar surface area (TPSA) is 136 Å². The number of benzene rings is 2. The molecule has 182 valence electrons. The lowest BCUT2D eigenvalue weighted by Crippen LogP contribution is -2.37. The van der Waals surface area contributed by atoms with Crippen molar-refractivity contribution < 1.29 is 45.9 Å². The summed E-state index contributed by atoms with van der Waals surface area (Å²) in [5.41, 5.74) is 0.280. The molecule has 0 unspecified atom stereocenters. The van der Waals surface area contributed by atoms with Crippen LogP contribution in [0.5, 0.6) is 5.75 Å². The summed E-state index contributed by atoms with van der Waals surface area (Å²) in [5.74, 6) is -3.34. The molecule has 10 nitrogen and oxygen atoms in total. The number of sulfonamides is 1. The fraction of sp³-hybridized carbons (Fsp3) is 0.238. The monoisotopic (exact) mass is 498 g/mol. The lowest BCUT2D eigenvalue weighted by Gasteiger charge is -2.16. The van der Waals surface area contributed by atoms with Crippen molar-refractivity contribution in [2.45, 2.75) is 18.4 Å². The van der Waals surface area contributed by atoms with Crippen molar-refractivity contribution in [1.82, 2.24) is 9.62 Å². The molecule has 0 saturated carbocycles. The number of carbonyl (C=O) groups is 4. The van der Waals surface area contributed by atoms with Crippen LogP contribution in [0.15, 0.2) is 53.4 Å². The van der Waals surface area contributed by atoms with Crippen molar-refractivity contribution in [3.8, 4) is 5.75 Å². The van der Waals surface area contributed by atoms with E-state index in [4.69, 9.17) is 4.74 Å². The Kier molecular flexibility index (Phi) is 8.92. The van der Waals surface area contributed by atoms with E-state index in [1.165, 1.54) is 31.2 Å². The number of halogens is 2. The predicted octanol–water partition coefficient (Wildman–Crippen LogP) is 1.61. The molecule has 0 saturated heterocycles. The van der Waals surface area contributed by atoms with Crippen LogP contribution < -0.4 is 10.1 Å². The smallest absolute Gasteiger partial charge is 0.387 e. The minimum Gasteiger partial charge on any atom is -0.455 e. The van der Waals surface area contributed by atoms with Gasteiger partial charge in [0, 0.05) is 18.2 Å². The number of alkyl halides is 2. The molecule has 0 fully saturated rings. The Morgan fingerprint density at radius 1 is 0.971 bits per heavy atom. The van der Waals surface area contributed by atoms with Gasteiger partial charge in [-0.15, -0.1) is 0 Å². The van der Waals surface area contributed by atoms with Crippen molar-refractivity contribution in [3.63, 3.8) is 0 Å². The number of imide groups is 1. The van der Waals surface area contributed by atoms with Crippen LogP contribution in [0.4, 0.5) is 8.78 Å². The maximum Gasteiger partial charge on any atom is 0.387 e. The Hall–Kier alpha value is -3.71. The summed E-state index contributed by atoms with van der Waals surface area (Å²) in [6.07, 6.45) is 0. The highest BCUT2D eigenvalue weighted by Crippen LogP contribution is 2.16. The van der Waals surface area contributed by atoms with E-state index in [2.05, 4.69) is 4.74 Å². The summed E-state index contributed by atoms with van der Waals surface area (Å²) in [6, 6.07) is 9.62. The van der Waals surface area contributed by atoms with Gasteiger partial charge in [0.25, 0.3) is 11.8 Å². The van der Waals surface area contributed by atoms with Crippen LogP contribution in [-0.4, -0.2) is 63.1 Å². The van der Waals surface area contributed by atoms with Gasteiger partial charge < -0.3 is 9.47 Å². The molecule has 0 aromatic heterocycles. The predicted molar refractivity (Wildman–Crippen MR) is 113 cm³/mol. The number of nitrogens with one attached hydrogen (secondary N) is 1. The highest BCUT2D eigenvalue weighted by molar-refractivity contribution is 7.89. The van der Waals surface area contributed by atoms with Crippen molar-refractivity contribution in [2.24, 2.45) is 0 Å². The molecule has 13 heteroatoms. The van der Waals surface area contributed by atoms with Gasteiger partial charge in [0.05, 0.1) is 4.90 Å². The van der Waals surface area contributed by atoms with E-state index < -0.39 is 47.6 Å². The van der Waals surface area contributed by atoms with Gasteiger partial charge in [-0.05, 0) is 43.3 Å². The zero-order chi connectivity index (χ0) is 25.5. The van der Waals surface area contributed by atoms with E-state index in [-0.39, 0.29) is 22.0 Å². The van der Waals surface area contributed by atoms with Gasteiger partial charge in [-0.2, -0.15) is 13.1 Å². The number of rotatable bonds is 10. The number of amides is 2. The molecule has 1 N–H and O–H groups in total. The van der Waals surface area contributed by atoms with Crippen LogP contribution in [0.2, 0.25) is 0 Å². The Bertz CT molecular complexity index is 1170. The first kappa shape index (κ1) is 26.5. The van der Waals surface area contributed by atoms with E-state index in [0.29, 0.717) is 9.87 Å². The molecule has 0 aliphatic heterocycles. The molecule has 2 aromatic rings. The Morgan fingerprint density at radius 2 is 1.53 bits per heavy atom. The lowest BCUT2D eigenvalue weighted by atomic mass is 10.2. The zero-order valence-corrected chi connectivity index (χ0v) is 18.8. The minimum atomic E-state index is -4.07. The Balaban J connectivity index is 1.85. The van der Waals surface area contributed by atoms with Crippen molar-refractivity contribution in [1.29, 1.82) is 0 Å². The van der Waals surface area contributed by atoms with E-state index in [9.17, 15) is 36.4 Å². The quantitative estimate of drug-likeness (QED) is 0.386. The van der Waals surface area contributed by atoms with Crippen LogP contribution in [0.3, 0.4) is 0 Å². The van der Waals surface area contributed by atoms with E-state index in [0.717, 1.165) is 31.3 Å². The summed E-state index contributed by atoms with van der Waals surface area (Å²) >= 11 is 0. The molecule has 2 rings (SSSR count). The number of hydrogen-bond donors (Lipinski definition) is 1. The van der Waals surface area contributed by atoms with E-state index in [1.54, 1.807) is 0 Å². The number of esters is 1. The second-order valence-corrected chi connectivity index (χ2v) is 8.83. The highest BCUT2D eigenvalue weighted by Gasteiger charge is 2.24. The SMILES string of the molecule is CC(=O)c1ccc(S(=O)(=O)N(C)CC(=O)OCC(=O)NC(=O)c2ccc(OC(F)F)cc2)cc1. The first-order valence-electron chi connectivity index (χ1n) is 9.52. The molecule has 2 amide bonds. The molecule has 0 spiro atoms. The second-order valence-electron chi connectivity index (χ2n) is 6.78. The van der Waals surface area contributed by atoms with Crippen molar-refractivity contribution in [2.75, 3.05) is 20.2 Å². The fourth-order valence-electron chi connectivity index (χ4n) is 2.52. The van der Waals surface area contributed by atoms with Gasteiger partial charge in [0.15, 0.2) is 12.4 Å². The van der Waals surface area contributed by atoms with Gasteiger partial charge in [0.1, 0.15) is 12.3 Å². The maximum atomic E-state index is 12.5. The molecule has 2 aromatic carbocycles. The van der Waals surface area contributed by atoms with Gasteiger partial charge in [0.2, 0.25) is 10.0 Å². The minimum absolute atomic E-state index is 0.0390. The third-order valence-corrected chi connectivity index (χ3v) is 6.10. The standard InChI is InChI=1S/C21H20F2N2O8S/c1-13(26)14-5-9-17(10-6-14)34(30,31)25(2)11-19(28)32-12-18(27)24-20(29)15-3-7-16(8-4-15)33-21(22)23/h3-10,21H,11-12H2,1-2H3,(H,24,27,29). The largest absolute Gasteiger partial charge is 0.455 e. The summed E-state index contributed by atoms with van der Waals surface area (Å²) in [6.45, 7) is -3.28.